The van der Waals surface area contributed by atoms with Crippen molar-refractivity contribution in [3.05, 3.63) is 38.4 Å². The lowest BCUT2D eigenvalue weighted by atomic mass is 10.1. The minimum atomic E-state index is 0.921. The minimum Gasteiger partial charge on any atom is -0.496 e. The summed E-state index contributed by atoms with van der Waals surface area (Å²) >= 11 is 5.86. The van der Waals surface area contributed by atoms with Gasteiger partial charge in [0.1, 0.15) is 5.75 Å². The molecule has 0 fully saturated rings. The summed E-state index contributed by atoms with van der Waals surface area (Å²) in [5, 5.41) is 2.44. The predicted molar refractivity (Wildman–Crippen MR) is 70.9 cm³/mol. The summed E-state index contributed by atoms with van der Waals surface area (Å²) in [6, 6.07) is 10.2. The van der Waals surface area contributed by atoms with E-state index in [1.807, 2.05) is 18.2 Å². The maximum atomic E-state index is 5.28. The average molecular weight is 363 g/mol. The van der Waals surface area contributed by atoms with Crippen molar-refractivity contribution in [3.8, 4) is 5.75 Å². The van der Waals surface area contributed by atoms with Gasteiger partial charge in [0.05, 0.1) is 10.7 Å². The molecular formula is C11H8BrIO. The Balaban J connectivity index is 2.86. The van der Waals surface area contributed by atoms with Crippen molar-refractivity contribution in [2.75, 3.05) is 7.11 Å². The van der Waals surface area contributed by atoms with Crippen LogP contribution in [0, 0.1) is 3.57 Å². The van der Waals surface area contributed by atoms with Crippen LogP contribution in [0.5, 0.6) is 5.75 Å². The second-order valence-corrected chi connectivity index (χ2v) is 4.85. The third-order valence-corrected chi connectivity index (χ3v) is 3.85. The van der Waals surface area contributed by atoms with Gasteiger partial charge in [-0.3, -0.25) is 0 Å². The first-order valence-electron chi connectivity index (χ1n) is 4.15. The Labute approximate surface area is 105 Å². The van der Waals surface area contributed by atoms with Gasteiger partial charge in [-0.2, -0.15) is 0 Å². The molecule has 0 aliphatic rings. The number of hydrogen-bond donors (Lipinski definition) is 0. The van der Waals surface area contributed by atoms with Crippen LogP contribution < -0.4 is 4.74 Å². The second kappa shape index (κ2) is 4.06. The molecule has 0 saturated carbocycles. The van der Waals surface area contributed by atoms with Gasteiger partial charge in [0, 0.05) is 9.86 Å². The first-order chi connectivity index (χ1) is 6.74. The van der Waals surface area contributed by atoms with Crippen molar-refractivity contribution in [2.24, 2.45) is 0 Å². The third-order valence-electron chi connectivity index (χ3n) is 2.12. The number of rotatable bonds is 1. The van der Waals surface area contributed by atoms with Crippen molar-refractivity contribution in [1.29, 1.82) is 0 Å². The number of ether oxygens (including phenoxy) is 1. The Hall–Kier alpha value is -0.290. The van der Waals surface area contributed by atoms with Gasteiger partial charge in [-0.25, -0.2) is 0 Å². The van der Waals surface area contributed by atoms with Crippen LogP contribution in [0.25, 0.3) is 10.8 Å². The molecule has 0 aliphatic carbocycles. The van der Waals surface area contributed by atoms with E-state index in [0.29, 0.717) is 0 Å². The monoisotopic (exact) mass is 362 g/mol. The molecule has 0 aromatic heterocycles. The summed E-state index contributed by atoms with van der Waals surface area (Å²) in [6.07, 6.45) is 0. The predicted octanol–water partition coefficient (Wildman–Crippen LogP) is 4.22. The van der Waals surface area contributed by atoms with Gasteiger partial charge in [-0.1, -0.05) is 34.1 Å². The minimum absolute atomic E-state index is 0.921. The molecule has 0 amide bonds. The molecule has 0 saturated heterocycles. The fourth-order valence-electron chi connectivity index (χ4n) is 1.43. The van der Waals surface area contributed by atoms with E-state index in [2.05, 4.69) is 50.7 Å². The maximum Gasteiger partial charge on any atom is 0.132 e. The van der Waals surface area contributed by atoms with Crippen molar-refractivity contribution in [2.45, 2.75) is 0 Å². The topological polar surface area (TPSA) is 9.23 Å². The zero-order valence-electron chi connectivity index (χ0n) is 7.55. The largest absolute Gasteiger partial charge is 0.496 e. The highest BCUT2D eigenvalue weighted by Crippen LogP contribution is 2.33. The molecule has 0 spiro atoms. The van der Waals surface area contributed by atoms with E-state index in [0.717, 1.165) is 13.8 Å². The molecule has 3 heteroatoms. The number of halogens is 2. The molecule has 0 bridgehead atoms. The Morgan fingerprint density at radius 3 is 2.71 bits per heavy atom. The molecule has 0 unspecified atom stereocenters. The van der Waals surface area contributed by atoms with E-state index in [4.69, 9.17) is 4.74 Å². The molecule has 2 aromatic rings. The summed E-state index contributed by atoms with van der Waals surface area (Å²) in [5.41, 5.74) is 0. The van der Waals surface area contributed by atoms with E-state index in [1.54, 1.807) is 7.11 Å². The highest BCUT2D eigenvalue weighted by molar-refractivity contribution is 14.1. The van der Waals surface area contributed by atoms with Crippen LogP contribution in [-0.2, 0) is 0 Å². The van der Waals surface area contributed by atoms with Crippen molar-refractivity contribution < 1.29 is 4.74 Å². The molecule has 14 heavy (non-hydrogen) atoms. The molecule has 0 atom stereocenters. The Morgan fingerprint density at radius 1 is 1.21 bits per heavy atom. The van der Waals surface area contributed by atoms with E-state index in [9.17, 15) is 0 Å². The van der Waals surface area contributed by atoms with Crippen molar-refractivity contribution >= 4 is 49.3 Å². The van der Waals surface area contributed by atoms with Crippen LogP contribution in [0.15, 0.2) is 34.8 Å². The molecule has 72 valence electrons. The maximum absolute atomic E-state index is 5.28. The zero-order valence-corrected chi connectivity index (χ0v) is 11.3. The number of methoxy groups -OCH3 is 1. The zero-order chi connectivity index (χ0) is 10.1. The van der Waals surface area contributed by atoms with E-state index < -0.39 is 0 Å². The highest BCUT2D eigenvalue weighted by atomic mass is 127. The summed E-state index contributed by atoms with van der Waals surface area (Å²) in [7, 11) is 1.69. The standard InChI is InChI=1S/C11H8BrIO/c1-14-9-6-5-7-3-2-4-8(12)10(7)11(9)13/h2-6H,1H3. The van der Waals surface area contributed by atoms with E-state index in [-0.39, 0.29) is 0 Å². The Morgan fingerprint density at radius 2 is 2.00 bits per heavy atom. The van der Waals surface area contributed by atoms with Gasteiger partial charge < -0.3 is 4.74 Å². The van der Waals surface area contributed by atoms with Gasteiger partial charge >= 0.3 is 0 Å². The van der Waals surface area contributed by atoms with E-state index in [1.165, 1.54) is 10.8 Å². The van der Waals surface area contributed by atoms with Crippen LogP contribution in [0.2, 0.25) is 0 Å². The average Bonchev–Trinajstić information content (AvgIpc) is 2.18. The van der Waals surface area contributed by atoms with Gasteiger partial charge in [0.2, 0.25) is 0 Å². The second-order valence-electron chi connectivity index (χ2n) is 2.92. The van der Waals surface area contributed by atoms with Crippen LogP contribution in [0.3, 0.4) is 0 Å². The van der Waals surface area contributed by atoms with Crippen molar-refractivity contribution in [1.82, 2.24) is 0 Å². The highest BCUT2D eigenvalue weighted by Gasteiger charge is 2.07. The molecule has 2 rings (SSSR count). The summed E-state index contributed by atoms with van der Waals surface area (Å²) in [5.74, 6) is 0.921. The molecule has 0 heterocycles. The molecule has 0 radical (unpaired) electrons. The van der Waals surface area contributed by atoms with E-state index >= 15 is 0 Å². The van der Waals surface area contributed by atoms with Crippen molar-refractivity contribution in [3.63, 3.8) is 0 Å². The quantitative estimate of drug-likeness (QED) is 0.690. The number of benzene rings is 2. The summed E-state index contributed by atoms with van der Waals surface area (Å²) in [6.45, 7) is 0. The summed E-state index contributed by atoms with van der Waals surface area (Å²) in [4.78, 5) is 0. The van der Waals surface area contributed by atoms with Gasteiger partial charge in [0.15, 0.2) is 0 Å². The normalized spacial score (nSPS) is 10.5. The van der Waals surface area contributed by atoms with Gasteiger partial charge in [0.25, 0.3) is 0 Å². The summed E-state index contributed by atoms with van der Waals surface area (Å²) < 4.78 is 7.54. The third kappa shape index (κ3) is 1.63. The van der Waals surface area contributed by atoms with Crippen LogP contribution in [0.1, 0.15) is 0 Å². The molecule has 1 nitrogen and oxygen atoms in total. The number of fused-ring (bicyclic) bond motifs is 1. The molecular weight excluding hydrogens is 355 g/mol. The lowest BCUT2D eigenvalue weighted by Crippen LogP contribution is -1.88. The first kappa shape index (κ1) is 10.2. The Kier molecular flexibility index (Phi) is 2.97. The van der Waals surface area contributed by atoms with Gasteiger partial charge in [-0.05, 0) is 40.1 Å². The molecule has 0 N–H and O–H groups in total. The van der Waals surface area contributed by atoms with Crippen LogP contribution in [-0.4, -0.2) is 7.11 Å². The van der Waals surface area contributed by atoms with Crippen LogP contribution in [0.4, 0.5) is 0 Å². The SMILES string of the molecule is COc1ccc2cccc(Br)c2c1I. The lowest BCUT2D eigenvalue weighted by Gasteiger charge is -2.07. The molecule has 0 aliphatic heterocycles. The fraction of sp³-hybridized carbons (Fsp3) is 0.0909. The fourth-order valence-corrected chi connectivity index (χ4v) is 3.38. The number of hydrogen-bond acceptors (Lipinski definition) is 1. The Bertz CT molecular complexity index is 482. The van der Waals surface area contributed by atoms with Gasteiger partial charge in [-0.15, -0.1) is 0 Å². The smallest absolute Gasteiger partial charge is 0.132 e. The van der Waals surface area contributed by atoms with Crippen LogP contribution >= 0.6 is 38.5 Å². The molecule has 2 aromatic carbocycles. The first-order valence-corrected chi connectivity index (χ1v) is 6.02. The lowest BCUT2D eigenvalue weighted by molar-refractivity contribution is 0.412.